The third kappa shape index (κ3) is 26.1. The van der Waals surface area contributed by atoms with Gasteiger partial charge in [0.05, 0.1) is 5.34 Å². The van der Waals surface area contributed by atoms with E-state index in [-0.39, 0.29) is 46.9 Å². The Labute approximate surface area is 378 Å². The van der Waals surface area contributed by atoms with E-state index >= 15 is 0 Å². The molecule has 0 spiro atoms. The first-order valence-electron chi connectivity index (χ1n) is 19.0. The molecule has 2 unspecified atom stereocenters. The van der Waals surface area contributed by atoms with Crippen molar-refractivity contribution >= 4 is 76.4 Å². The first-order chi connectivity index (χ1) is 27.9. The van der Waals surface area contributed by atoms with Crippen LogP contribution in [-0.4, -0.2) is 123 Å². The molecular formula is C38H62Cl4N8O11. The number of rotatable bonds is 9. The maximum absolute atomic E-state index is 11.8. The Hall–Kier alpha value is -3.27. The van der Waals surface area contributed by atoms with Gasteiger partial charge < -0.3 is 59.6 Å². The van der Waals surface area contributed by atoms with Crippen LogP contribution >= 0.6 is 46.4 Å². The molecule has 2 aromatic rings. The Kier molecular flexibility index (Phi) is 23.0. The van der Waals surface area contributed by atoms with Crippen molar-refractivity contribution in [1.82, 2.24) is 25.3 Å². The molecule has 4 heterocycles. The predicted octanol–water partition coefficient (Wildman–Crippen LogP) is 7.90. The third-order valence-corrected chi connectivity index (χ3v) is 7.18. The van der Waals surface area contributed by atoms with Gasteiger partial charge in [0, 0.05) is 38.6 Å². The van der Waals surface area contributed by atoms with Gasteiger partial charge in [-0.3, -0.25) is 0 Å². The number of alkyl carbamates (subject to hydrolysis) is 1. The Bertz CT molecular complexity index is 1630. The van der Waals surface area contributed by atoms with Crippen LogP contribution in [-0.2, 0) is 37.9 Å². The van der Waals surface area contributed by atoms with Gasteiger partial charge >= 0.3 is 18.4 Å². The molecule has 2 saturated heterocycles. The number of carbonyl (C=O) groups excluding carboxylic acids is 3. The van der Waals surface area contributed by atoms with E-state index in [1.165, 1.54) is 0 Å². The summed E-state index contributed by atoms with van der Waals surface area (Å²) in [7, 11) is 0. The lowest BCUT2D eigenvalue weighted by atomic mass is 10.2. The minimum absolute atomic E-state index is 0.112. The van der Waals surface area contributed by atoms with E-state index in [9.17, 15) is 14.4 Å². The van der Waals surface area contributed by atoms with Crippen LogP contribution in [0.25, 0.3) is 0 Å². The van der Waals surface area contributed by atoms with Gasteiger partial charge in [-0.2, -0.15) is 0 Å². The number of hydrogen-bond donors (Lipinski definition) is 4. The van der Waals surface area contributed by atoms with Crippen molar-refractivity contribution in [3.63, 3.8) is 0 Å². The van der Waals surface area contributed by atoms with Crippen molar-refractivity contribution < 1.29 is 52.3 Å². The molecule has 23 heteroatoms. The number of halogens is 4. The van der Waals surface area contributed by atoms with Crippen molar-refractivity contribution in [2.45, 2.75) is 143 Å². The number of amides is 1. The second-order valence-corrected chi connectivity index (χ2v) is 18.3. The number of nitrogens with two attached hydrogens (primary N) is 1. The molecule has 19 nitrogen and oxygen atoms in total. The zero-order valence-electron chi connectivity index (χ0n) is 37.0. The second kappa shape index (κ2) is 25.1. The number of hydrogen-bond acceptors (Lipinski definition) is 18. The van der Waals surface area contributed by atoms with E-state index in [2.05, 4.69) is 40.6 Å². The molecule has 4 rings (SSSR count). The van der Waals surface area contributed by atoms with Gasteiger partial charge in [-0.1, -0.05) is 0 Å². The average Bonchev–Trinajstić information content (AvgIpc) is 3.56. The molecule has 1 amide bonds. The zero-order chi connectivity index (χ0) is 46.8. The number of nitrogens with one attached hydrogen (secondary N) is 3. The summed E-state index contributed by atoms with van der Waals surface area (Å²) in [5.74, 6) is -0.0958. The first-order valence-corrected chi connectivity index (χ1v) is 20.9. The summed E-state index contributed by atoms with van der Waals surface area (Å²) < 4.78 is 42.2. The molecule has 348 valence electrons. The van der Waals surface area contributed by atoms with Gasteiger partial charge in [0.1, 0.15) is 52.9 Å². The smallest absolute Gasteiger partial charge is 0.444 e. The van der Waals surface area contributed by atoms with Gasteiger partial charge in [0.25, 0.3) is 0 Å². The summed E-state index contributed by atoms with van der Waals surface area (Å²) in [5, 5.41) is 9.55. The molecule has 2 aromatic heterocycles. The lowest BCUT2D eigenvalue weighted by Crippen LogP contribution is -2.42. The normalized spacial score (nSPS) is 20.2. The third-order valence-electron chi connectivity index (χ3n) is 6.82. The summed E-state index contributed by atoms with van der Waals surface area (Å²) >= 11 is 21.0. The average molecular weight is 949 g/mol. The molecule has 0 radical (unpaired) electrons. The number of nitrogens with zero attached hydrogens (tertiary/aromatic N) is 4. The lowest BCUT2D eigenvalue weighted by Gasteiger charge is -2.22. The van der Waals surface area contributed by atoms with E-state index in [1.54, 1.807) is 66.1 Å². The van der Waals surface area contributed by atoms with Gasteiger partial charge in [-0.25, -0.2) is 34.3 Å². The molecule has 2 aliphatic heterocycles. The summed E-state index contributed by atoms with van der Waals surface area (Å²) in [6, 6.07) is 3.45. The summed E-state index contributed by atoms with van der Waals surface area (Å²) in [6.45, 7) is 24.5. The van der Waals surface area contributed by atoms with Crippen molar-refractivity contribution in [3.05, 3.63) is 35.1 Å². The van der Waals surface area contributed by atoms with E-state index in [1.807, 2.05) is 48.5 Å². The number of alkyl halides is 2. The fraction of sp³-hybridized carbons (Fsp3) is 0.711. The number of aromatic nitrogens is 4. The maximum atomic E-state index is 11.8. The Morgan fingerprint density at radius 1 is 0.656 bits per heavy atom. The first kappa shape index (κ1) is 55.7. The number of anilines is 2. The largest absolute Gasteiger partial charge is 0.519 e. The lowest BCUT2D eigenvalue weighted by molar-refractivity contribution is -0.145. The van der Waals surface area contributed by atoms with Crippen LogP contribution in [0, 0.1) is 0 Å². The number of carbonyl (C=O) groups is 3. The highest BCUT2D eigenvalue weighted by Crippen LogP contribution is 2.29. The van der Waals surface area contributed by atoms with Crippen LogP contribution in [0.2, 0.25) is 10.6 Å². The quantitative estimate of drug-likeness (QED) is 0.0614. The standard InChI is InChI=1S/C16H25ClN4O4.C11H17ClN4O2.C10H18O5.CH2Cl2/c1-15(2,3)25-14(22)20-9-11-10(23-16(4,5)24-11)8-19-12-6-7-18-13(17)21-12;1-11(2)17-7(5-13)8(18-11)6-15-9-3-4-14-10(12)16-9;1-9(2,3)14-7(11)13-8(12)15-10(4,5)6;2-1-3/h6-7,10-11H,8-9H2,1-5H3,(H,20,22)(H,18,19,21);3-4,7-8H,5-6,13H2,1-2H3,(H,14,15,16);1-6H3;1H2/t10?,11-;7-,8?;;/m00../s1. The van der Waals surface area contributed by atoms with E-state index in [4.69, 9.17) is 85.3 Å². The highest BCUT2D eigenvalue weighted by molar-refractivity contribution is 6.40. The van der Waals surface area contributed by atoms with Crippen molar-refractivity contribution in [1.29, 1.82) is 0 Å². The molecule has 5 N–H and O–H groups in total. The van der Waals surface area contributed by atoms with Gasteiger partial charge in [0.2, 0.25) is 10.6 Å². The minimum Gasteiger partial charge on any atom is -0.444 e. The molecule has 4 atom stereocenters. The second-order valence-electron chi connectivity index (χ2n) is 16.9. The highest BCUT2D eigenvalue weighted by Gasteiger charge is 2.42. The highest BCUT2D eigenvalue weighted by atomic mass is 35.5. The Balaban J connectivity index is 0.000000458. The molecule has 0 aromatic carbocycles. The zero-order valence-corrected chi connectivity index (χ0v) is 40.0. The van der Waals surface area contributed by atoms with Gasteiger partial charge in [-0.05, 0) is 125 Å². The van der Waals surface area contributed by atoms with E-state index < -0.39 is 46.8 Å². The predicted molar refractivity (Wildman–Crippen MR) is 232 cm³/mol. The summed E-state index contributed by atoms with van der Waals surface area (Å²) in [5.41, 5.74) is 3.72. The van der Waals surface area contributed by atoms with Crippen LogP contribution in [0.15, 0.2) is 24.5 Å². The van der Waals surface area contributed by atoms with Crippen molar-refractivity contribution in [3.8, 4) is 0 Å². The van der Waals surface area contributed by atoms with E-state index in [0.717, 1.165) is 0 Å². The van der Waals surface area contributed by atoms with Crippen molar-refractivity contribution in [2.75, 3.05) is 42.2 Å². The maximum Gasteiger partial charge on any atom is 0.519 e. The molecule has 0 bridgehead atoms. The van der Waals surface area contributed by atoms with Gasteiger partial charge in [-0.15, -0.1) is 23.2 Å². The van der Waals surface area contributed by atoms with E-state index in [0.29, 0.717) is 31.3 Å². The van der Waals surface area contributed by atoms with Crippen LogP contribution in [0.4, 0.5) is 26.0 Å². The monoisotopic (exact) mass is 946 g/mol. The van der Waals surface area contributed by atoms with Gasteiger partial charge in [0.15, 0.2) is 11.6 Å². The SMILES string of the molecule is CC(C)(C)OC(=O)NC[C@@H]1OC(C)(C)OC1CNc1ccnc(Cl)n1.CC(C)(C)OC(=O)OC(=O)OC(C)(C)C.CC1(C)OC(CNc2ccnc(Cl)n2)[C@H](CN)O1.ClCCl. The Morgan fingerprint density at radius 3 is 1.34 bits per heavy atom. The molecule has 2 aliphatic rings. The molecule has 61 heavy (non-hydrogen) atoms. The number of ether oxygens (including phenoxy) is 8. The molecular weight excluding hydrogens is 886 g/mol. The minimum atomic E-state index is -1.06. The topological polar surface area (TPSA) is 239 Å². The van der Waals surface area contributed by atoms with Crippen LogP contribution in [0.5, 0.6) is 0 Å². The van der Waals surface area contributed by atoms with Crippen LogP contribution in [0.3, 0.4) is 0 Å². The van der Waals surface area contributed by atoms with Crippen LogP contribution in [0.1, 0.15) is 90.0 Å². The molecule has 0 aliphatic carbocycles. The molecule has 2 fully saturated rings. The van der Waals surface area contributed by atoms with Crippen molar-refractivity contribution in [2.24, 2.45) is 5.73 Å². The fourth-order valence-corrected chi connectivity index (χ4v) is 5.22. The molecule has 0 saturated carbocycles. The van der Waals surface area contributed by atoms with Crippen LogP contribution < -0.4 is 21.7 Å². The Morgan fingerprint density at radius 2 is 1.00 bits per heavy atom. The fourth-order valence-electron chi connectivity index (χ4n) is 4.92. The summed E-state index contributed by atoms with van der Waals surface area (Å²) in [4.78, 5) is 49.6. The summed E-state index contributed by atoms with van der Waals surface area (Å²) in [6.07, 6.45) is -0.290.